The molecule has 8 heteroatoms. The molecule has 0 bridgehead atoms. The van der Waals surface area contributed by atoms with E-state index in [4.69, 9.17) is 28.3 Å². The number of nitrogens with one attached hydrogen (secondary N) is 1. The van der Waals surface area contributed by atoms with Gasteiger partial charge in [-0.05, 0) is 18.4 Å². The van der Waals surface area contributed by atoms with Crippen LogP contribution in [0.1, 0.15) is 30.6 Å². The van der Waals surface area contributed by atoms with Crippen molar-refractivity contribution in [3.8, 4) is 0 Å². The Balaban J connectivity index is 2.87. The van der Waals surface area contributed by atoms with Gasteiger partial charge in [-0.2, -0.15) is 0 Å². The van der Waals surface area contributed by atoms with Gasteiger partial charge in [0, 0.05) is 0 Å². The van der Waals surface area contributed by atoms with Crippen LogP contribution >= 0.6 is 23.2 Å². The van der Waals surface area contributed by atoms with Crippen molar-refractivity contribution < 1.29 is 14.7 Å². The van der Waals surface area contributed by atoms with Crippen LogP contribution in [0, 0.1) is 5.92 Å². The monoisotopic (exact) mass is 305 g/mol. The van der Waals surface area contributed by atoms with Crippen molar-refractivity contribution in [3.05, 3.63) is 21.9 Å². The minimum Gasteiger partial charge on any atom is -0.480 e. The molecule has 0 aliphatic heterocycles. The van der Waals surface area contributed by atoms with Crippen LogP contribution < -0.4 is 5.32 Å². The maximum Gasteiger partial charge on any atom is 0.326 e. The molecule has 6 nitrogen and oxygen atoms in total. The lowest BCUT2D eigenvalue weighted by molar-refractivity contribution is -0.139. The van der Waals surface area contributed by atoms with Gasteiger partial charge in [0.05, 0.1) is 5.56 Å². The number of hydrogen-bond donors (Lipinski definition) is 2. The number of aromatic nitrogens is 2. The number of rotatable bonds is 5. The van der Waals surface area contributed by atoms with Gasteiger partial charge in [0.15, 0.2) is 10.3 Å². The van der Waals surface area contributed by atoms with Crippen LogP contribution in [0.2, 0.25) is 10.3 Å². The lowest BCUT2D eigenvalue weighted by Gasteiger charge is -2.16. The van der Waals surface area contributed by atoms with Crippen LogP contribution in [0.15, 0.2) is 6.07 Å². The number of carboxylic acids is 1. The molecule has 0 fully saturated rings. The second kappa shape index (κ2) is 6.68. The highest BCUT2D eigenvalue weighted by Crippen LogP contribution is 2.16. The average Bonchev–Trinajstić information content (AvgIpc) is 2.30. The summed E-state index contributed by atoms with van der Waals surface area (Å²) in [5.74, 6) is -1.63. The van der Waals surface area contributed by atoms with E-state index in [1.165, 1.54) is 6.07 Å². The van der Waals surface area contributed by atoms with Gasteiger partial charge < -0.3 is 10.4 Å². The number of nitrogens with zero attached hydrogens (tertiary/aromatic N) is 2. The van der Waals surface area contributed by atoms with Crippen LogP contribution in [0.25, 0.3) is 0 Å². The van der Waals surface area contributed by atoms with E-state index in [1.807, 2.05) is 13.8 Å². The number of carbonyl (C=O) groups is 2. The molecule has 0 saturated carbocycles. The Morgan fingerprint density at radius 3 is 2.53 bits per heavy atom. The van der Waals surface area contributed by atoms with E-state index < -0.39 is 17.9 Å². The first kappa shape index (κ1) is 15.7. The Morgan fingerprint density at radius 2 is 2.00 bits per heavy atom. The molecule has 1 atom stereocenters. The van der Waals surface area contributed by atoms with Crippen molar-refractivity contribution in [1.29, 1.82) is 0 Å². The Morgan fingerprint density at radius 1 is 1.37 bits per heavy atom. The third-order valence-corrected chi connectivity index (χ3v) is 2.74. The van der Waals surface area contributed by atoms with Gasteiger partial charge in [-0.25, -0.2) is 4.79 Å². The highest BCUT2D eigenvalue weighted by atomic mass is 35.5. The van der Waals surface area contributed by atoms with Crippen molar-refractivity contribution in [2.75, 3.05) is 0 Å². The average molecular weight is 306 g/mol. The van der Waals surface area contributed by atoms with Crippen LogP contribution in [0.3, 0.4) is 0 Å². The second-order valence-corrected chi connectivity index (χ2v) is 5.11. The van der Waals surface area contributed by atoms with Gasteiger partial charge in [-0.3, -0.25) is 4.79 Å². The van der Waals surface area contributed by atoms with Crippen LogP contribution in [0.5, 0.6) is 0 Å². The number of hydrogen-bond acceptors (Lipinski definition) is 4. The molecule has 104 valence electrons. The molecular formula is C11H13Cl2N3O3. The topological polar surface area (TPSA) is 92.2 Å². The van der Waals surface area contributed by atoms with Gasteiger partial charge in [0.2, 0.25) is 0 Å². The molecule has 0 radical (unpaired) electrons. The lowest BCUT2D eigenvalue weighted by atomic mass is 10.0. The first-order valence-electron chi connectivity index (χ1n) is 5.53. The fourth-order valence-corrected chi connectivity index (χ4v) is 1.77. The van der Waals surface area contributed by atoms with E-state index in [9.17, 15) is 9.59 Å². The van der Waals surface area contributed by atoms with Gasteiger partial charge >= 0.3 is 5.97 Å². The highest BCUT2D eigenvalue weighted by molar-refractivity contribution is 6.34. The molecule has 0 aliphatic carbocycles. The predicted octanol–water partition coefficient (Wildman–Crippen LogP) is 2.01. The van der Waals surface area contributed by atoms with E-state index in [1.54, 1.807) is 0 Å². The molecule has 0 saturated heterocycles. The zero-order chi connectivity index (χ0) is 14.6. The fourth-order valence-electron chi connectivity index (χ4n) is 1.44. The van der Waals surface area contributed by atoms with Crippen LogP contribution in [0.4, 0.5) is 0 Å². The zero-order valence-corrected chi connectivity index (χ0v) is 11.9. The number of halogens is 2. The molecular weight excluding hydrogens is 293 g/mol. The van der Waals surface area contributed by atoms with Gasteiger partial charge in [-0.15, -0.1) is 10.2 Å². The molecule has 0 aliphatic rings. The van der Waals surface area contributed by atoms with Gasteiger partial charge in [0.1, 0.15) is 6.04 Å². The fraction of sp³-hybridized carbons (Fsp3) is 0.455. The third-order valence-electron chi connectivity index (χ3n) is 2.27. The van der Waals surface area contributed by atoms with E-state index >= 15 is 0 Å². The SMILES string of the molecule is CC(C)C[C@H](NC(=O)c1cc(Cl)nnc1Cl)C(=O)O. The van der Waals surface area contributed by atoms with Crippen molar-refractivity contribution in [2.24, 2.45) is 5.92 Å². The second-order valence-electron chi connectivity index (χ2n) is 4.37. The highest BCUT2D eigenvalue weighted by Gasteiger charge is 2.23. The summed E-state index contributed by atoms with van der Waals surface area (Å²) >= 11 is 11.3. The summed E-state index contributed by atoms with van der Waals surface area (Å²) in [6, 6.07) is 0.246. The van der Waals surface area contributed by atoms with E-state index in [0.29, 0.717) is 6.42 Å². The smallest absolute Gasteiger partial charge is 0.326 e. The first-order valence-corrected chi connectivity index (χ1v) is 6.29. The molecule has 0 unspecified atom stereocenters. The standard InChI is InChI=1S/C11H13Cl2N3O3/c1-5(2)3-7(11(18)19)14-10(17)6-4-8(12)15-16-9(6)13/h4-5,7H,3H2,1-2H3,(H,14,17)(H,18,19)/t7-/m0/s1. The minimum absolute atomic E-state index is 0.00308. The summed E-state index contributed by atoms with van der Waals surface area (Å²) in [5, 5.41) is 18.3. The molecule has 0 aromatic carbocycles. The number of aliphatic carboxylic acids is 1. The third kappa shape index (κ3) is 4.65. The Kier molecular flexibility index (Phi) is 5.50. The molecule has 19 heavy (non-hydrogen) atoms. The van der Waals surface area contributed by atoms with E-state index in [2.05, 4.69) is 15.5 Å². The zero-order valence-electron chi connectivity index (χ0n) is 10.4. The molecule has 0 spiro atoms. The summed E-state index contributed by atoms with van der Waals surface area (Å²) in [6.45, 7) is 3.72. The largest absolute Gasteiger partial charge is 0.480 e. The summed E-state index contributed by atoms with van der Waals surface area (Å²) in [6.07, 6.45) is 0.310. The Labute approximate surface area is 120 Å². The van der Waals surface area contributed by atoms with Gasteiger partial charge in [-0.1, -0.05) is 37.0 Å². The summed E-state index contributed by atoms with van der Waals surface area (Å²) < 4.78 is 0. The van der Waals surface area contributed by atoms with Crippen molar-refractivity contribution in [2.45, 2.75) is 26.3 Å². The summed E-state index contributed by atoms with van der Waals surface area (Å²) in [5.41, 5.74) is -0.00308. The molecule has 1 rings (SSSR count). The summed E-state index contributed by atoms with van der Waals surface area (Å²) in [7, 11) is 0. The van der Waals surface area contributed by atoms with E-state index in [-0.39, 0.29) is 21.8 Å². The first-order chi connectivity index (χ1) is 8.81. The maximum atomic E-state index is 11.9. The number of carboxylic acid groups (broad SMARTS) is 1. The molecule has 1 heterocycles. The van der Waals surface area contributed by atoms with Crippen molar-refractivity contribution in [1.82, 2.24) is 15.5 Å². The van der Waals surface area contributed by atoms with Crippen LogP contribution in [-0.2, 0) is 4.79 Å². The van der Waals surface area contributed by atoms with Crippen LogP contribution in [-0.4, -0.2) is 33.2 Å². The molecule has 1 aromatic rings. The molecule has 2 N–H and O–H groups in total. The van der Waals surface area contributed by atoms with Crippen molar-refractivity contribution >= 4 is 35.1 Å². The number of amides is 1. The minimum atomic E-state index is -1.11. The lowest BCUT2D eigenvalue weighted by Crippen LogP contribution is -2.41. The quantitative estimate of drug-likeness (QED) is 0.868. The molecule has 1 amide bonds. The normalized spacial score (nSPS) is 12.3. The van der Waals surface area contributed by atoms with Crippen molar-refractivity contribution in [3.63, 3.8) is 0 Å². The summed E-state index contributed by atoms with van der Waals surface area (Å²) in [4.78, 5) is 23.0. The van der Waals surface area contributed by atoms with E-state index in [0.717, 1.165) is 0 Å². The molecule has 1 aromatic heterocycles. The predicted molar refractivity (Wildman–Crippen MR) is 70.4 cm³/mol. The van der Waals surface area contributed by atoms with Gasteiger partial charge in [0.25, 0.3) is 5.91 Å². The number of carbonyl (C=O) groups excluding carboxylic acids is 1. The maximum absolute atomic E-state index is 11.9. The Bertz CT molecular complexity index is 494. The Hall–Kier alpha value is -1.40.